The van der Waals surface area contributed by atoms with Gasteiger partial charge in [-0.3, -0.25) is 9.78 Å². The van der Waals surface area contributed by atoms with E-state index in [0.29, 0.717) is 35.6 Å². The van der Waals surface area contributed by atoms with Gasteiger partial charge in [0.15, 0.2) is 0 Å². The van der Waals surface area contributed by atoms with Crippen LogP contribution in [0.4, 0.5) is 11.6 Å². The van der Waals surface area contributed by atoms with Gasteiger partial charge in [-0.05, 0) is 42.0 Å². The van der Waals surface area contributed by atoms with Crippen molar-refractivity contribution in [3.8, 4) is 17.3 Å². The molecule has 0 bridgehead atoms. The van der Waals surface area contributed by atoms with E-state index in [1.165, 1.54) is 0 Å². The van der Waals surface area contributed by atoms with Crippen LogP contribution in [0.25, 0.3) is 22.0 Å². The number of nitrogens with one attached hydrogen (secondary N) is 1. The van der Waals surface area contributed by atoms with E-state index in [9.17, 15) is 9.90 Å². The summed E-state index contributed by atoms with van der Waals surface area (Å²) in [5.41, 5.74) is 8.47. The van der Waals surface area contributed by atoms with Gasteiger partial charge in [0.05, 0.1) is 23.6 Å². The van der Waals surface area contributed by atoms with Crippen LogP contribution in [-0.2, 0) is 11.2 Å². The van der Waals surface area contributed by atoms with Crippen LogP contribution in [0, 0.1) is 23.2 Å². The molecular formula is C20H18N6O2. The van der Waals surface area contributed by atoms with Crippen LogP contribution >= 0.6 is 0 Å². The van der Waals surface area contributed by atoms with Gasteiger partial charge in [-0.1, -0.05) is 0 Å². The fourth-order valence-corrected chi connectivity index (χ4v) is 3.22. The molecule has 3 aromatic rings. The number of pyridine rings is 3. The third kappa shape index (κ3) is 3.35. The van der Waals surface area contributed by atoms with Gasteiger partial charge < -0.3 is 16.2 Å². The van der Waals surface area contributed by atoms with E-state index in [1.807, 2.05) is 12.1 Å². The van der Waals surface area contributed by atoms with Gasteiger partial charge in [-0.2, -0.15) is 5.26 Å². The molecule has 0 unspecified atom stereocenters. The Morgan fingerprint density at radius 3 is 3.00 bits per heavy atom. The smallest absolute Gasteiger partial charge is 0.230 e. The topological polar surface area (TPSA) is 138 Å². The SMILES string of the molecule is N#C[C@@H]1C[C@H]1C(=O)Nc1cc2cc(-c3cnccc3CCO)nc(N)c2cn1. The maximum Gasteiger partial charge on any atom is 0.230 e. The van der Waals surface area contributed by atoms with E-state index >= 15 is 0 Å². The number of carbonyl (C=O) groups is 1. The first kappa shape index (κ1) is 17.8. The zero-order valence-corrected chi connectivity index (χ0v) is 15.0. The maximum atomic E-state index is 12.2. The molecule has 0 radical (unpaired) electrons. The first-order valence-electron chi connectivity index (χ1n) is 8.91. The Bertz CT molecular complexity index is 1110. The Kier molecular flexibility index (Phi) is 4.59. The summed E-state index contributed by atoms with van der Waals surface area (Å²) in [5.74, 6) is 0.0559. The van der Waals surface area contributed by atoms with Crippen molar-refractivity contribution >= 4 is 28.3 Å². The number of fused-ring (bicyclic) bond motifs is 1. The molecule has 1 amide bonds. The molecule has 8 heteroatoms. The molecule has 2 atom stereocenters. The van der Waals surface area contributed by atoms with Crippen LogP contribution in [0.3, 0.4) is 0 Å². The van der Waals surface area contributed by atoms with Crippen LogP contribution in [0.2, 0.25) is 0 Å². The number of hydrogen-bond donors (Lipinski definition) is 3. The number of nitrogens with two attached hydrogens (primary N) is 1. The molecule has 0 aromatic carbocycles. The van der Waals surface area contributed by atoms with Crippen LogP contribution < -0.4 is 11.1 Å². The zero-order chi connectivity index (χ0) is 19.7. The molecule has 0 aliphatic heterocycles. The number of hydrogen-bond acceptors (Lipinski definition) is 7. The highest BCUT2D eigenvalue weighted by atomic mass is 16.3. The molecule has 4 N–H and O–H groups in total. The zero-order valence-electron chi connectivity index (χ0n) is 15.0. The van der Waals surface area contributed by atoms with Gasteiger partial charge in [0.1, 0.15) is 11.6 Å². The van der Waals surface area contributed by atoms with Gasteiger partial charge in [0, 0.05) is 36.1 Å². The summed E-state index contributed by atoms with van der Waals surface area (Å²) in [6, 6.07) is 7.54. The summed E-state index contributed by atoms with van der Waals surface area (Å²) in [7, 11) is 0. The minimum Gasteiger partial charge on any atom is -0.396 e. The molecule has 1 aliphatic rings. The van der Waals surface area contributed by atoms with Gasteiger partial charge in [0.2, 0.25) is 5.91 Å². The van der Waals surface area contributed by atoms with Crippen LogP contribution in [0.15, 0.2) is 36.8 Å². The Labute approximate surface area is 161 Å². The van der Waals surface area contributed by atoms with E-state index in [0.717, 1.165) is 16.5 Å². The lowest BCUT2D eigenvalue weighted by atomic mass is 10.0. The average molecular weight is 374 g/mol. The van der Waals surface area contributed by atoms with Crippen molar-refractivity contribution in [1.82, 2.24) is 15.0 Å². The predicted octanol–water partition coefficient (Wildman–Crippen LogP) is 1.91. The molecule has 4 rings (SSSR count). The number of anilines is 2. The minimum absolute atomic E-state index is 0.0189. The van der Waals surface area contributed by atoms with Crippen molar-refractivity contribution in [2.24, 2.45) is 11.8 Å². The van der Waals surface area contributed by atoms with Gasteiger partial charge in [0.25, 0.3) is 0 Å². The highest BCUT2D eigenvalue weighted by Crippen LogP contribution is 2.38. The van der Waals surface area contributed by atoms with Crippen LogP contribution in [0.1, 0.15) is 12.0 Å². The summed E-state index contributed by atoms with van der Waals surface area (Å²) < 4.78 is 0. The molecule has 1 saturated carbocycles. The minimum atomic E-state index is -0.267. The number of aliphatic hydroxyl groups is 1. The Morgan fingerprint density at radius 1 is 1.39 bits per heavy atom. The van der Waals surface area contributed by atoms with E-state index in [4.69, 9.17) is 11.0 Å². The van der Waals surface area contributed by atoms with Crippen molar-refractivity contribution in [2.45, 2.75) is 12.8 Å². The molecule has 1 aliphatic carbocycles. The van der Waals surface area contributed by atoms with Crippen molar-refractivity contribution in [3.63, 3.8) is 0 Å². The predicted molar refractivity (Wildman–Crippen MR) is 104 cm³/mol. The van der Waals surface area contributed by atoms with Crippen molar-refractivity contribution in [1.29, 1.82) is 5.26 Å². The molecule has 3 heterocycles. The summed E-state index contributed by atoms with van der Waals surface area (Å²) in [6.45, 7) is 0.0189. The lowest BCUT2D eigenvalue weighted by Crippen LogP contribution is -2.15. The van der Waals surface area contributed by atoms with E-state index in [-0.39, 0.29) is 24.3 Å². The molecule has 1 fully saturated rings. The quantitative estimate of drug-likeness (QED) is 0.620. The van der Waals surface area contributed by atoms with Crippen molar-refractivity contribution in [3.05, 3.63) is 42.4 Å². The molecule has 140 valence electrons. The lowest BCUT2D eigenvalue weighted by Gasteiger charge is -2.11. The fraction of sp³-hybridized carbons (Fsp3) is 0.250. The summed E-state index contributed by atoms with van der Waals surface area (Å²) in [4.78, 5) is 25.0. The summed E-state index contributed by atoms with van der Waals surface area (Å²) in [6.07, 6.45) is 6.01. The highest BCUT2D eigenvalue weighted by Gasteiger charge is 2.43. The maximum absolute atomic E-state index is 12.2. The number of carbonyl (C=O) groups excluding carboxylic acids is 1. The number of nitrogens with zero attached hydrogens (tertiary/aromatic N) is 4. The molecular weight excluding hydrogens is 356 g/mol. The van der Waals surface area contributed by atoms with E-state index in [1.54, 1.807) is 24.7 Å². The Morgan fingerprint density at radius 2 is 2.25 bits per heavy atom. The van der Waals surface area contributed by atoms with Gasteiger partial charge >= 0.3 is 0 Å². The first-order chi connectivity index (χ1) is 13.6. The third-order valence-corrected chi connectivity index (χ3v) is 4.86. The summed E-state index contributed by atoms with van der Waals surface area (Å²) in [5, 5.41) is 22.4. The lowest BCUT2D eigenvalue weighted by molar-refractivity contribution is -0.117. The van der Waals surface area contributed by atoms with Crippen molar-refractivity contribution < 1.29 is 9.90 Å². The number of aromatic nitrogens is 3. The molecule has 0 spiro atoms. The molecule has 0 saturated heterocycles. The Balaban J connectivity index is 1.69. The second kappa shape index (κ2) is 7.21. The number of nitrogen functional groups attached to an aromatic ring is 1. The molecule has 3 aromatic heterocycles. The van der Waals surface area contributed by atoms with Crippen LogP contribution in [-0.4, -0.2) is 32.6 Å². The number of amides is 1. The average Bonchev–Trinajstić information content (AvgIpc) is 3.48. The summed E-state index contributed by atoms with van der Waals surface area (Å²) >= 11 is 0. The molecule has 8 nitrogen and oxygen atoms in total. The van der Waals surface area contributed by atoms with E-state index < -0.39 is 0 Å². The standard InChI is InChI=1S/C20H18N6O2/c21-8-13-5-14(13)20(28)26-18-7-12-6-17(25-19(22)16(12)10-24-18)15-9-23-3-1-11(15)2-4-27/h1,3,6-7,9-10,13-14,27H,2,4-5H2,(H2,22,25)(H,24,26,28)/t13-,14+/m0/s1. The van der Waals surface area contributed by atoms with Crippen molar-refractivity contribution in [2.75, 3.05) is 17.7 Å². The monoisotopic (exact) mass is 374 g/mol. The number of nitriles is 1. The number of rotatable bonds is 5. The second-order valence-corrected chi connectivity index (χ2v) is 6.76. The van der Waals surface area contributed by atoms with Gasteiger partial charge in [-0.15, -0.1) is 0 Å². The van der Waals surface area contributed by atoms with E-state index in [2.05, 4.69) is 26.3 Å². The second-order valence-electron chi connectivity index (χ2n) is 6.76. The van der Waals surface area contributed by atoms with Gasteiger partial charge in [-0.25, -0.2) is 9.97 Å². The largest absolute Gasteiger partial charge is 0.396 e. The highest BCUT2D eigenvalue weighted by molar-refractivity contribution is 5.98. The molecule has 28 heavy (non-hydrogen) atoms. The third-order valence-electron chi connectivity index (χ3n) is 4.86. The fourth-order valence-electron chi connectivity index (χ4n) is 3.22. The first-order valence-corrected chi connectivity index (χ1v) is 8.91. The van der Waals surface area contributed by atoms with Crippen LogP contribution in [0.5, 0.6) is 0 Å². The Hall–Kier alpha value is -3.57. The number of aliphatic hydroxyl groups excluding tert-OH is 1. The normalized spacial score (nSPS) is 17.9.